The van der Waals surface area contributed by atoms with Crippen LogP contribution < -0.4 is 4.72 Å². The minimum Gasteiger partial charge on any atom is -0.394 e. The van der Waals surface area contributed by atoms with Crippen molar-refractivity contribution in [2.75, 3.05) is 6.61 Å². The van der Waals surface area contributed by atoms with E-state index in [1.54, 1.807) is 13.8 Å². The number of aromatic nitrogens is 2. The summed E-state index contributed by atoms with van der Waals surface area (Å²) in [6, 6.07) is -0.0625. The monoisotopic (exact) mass is 301 g/mol. The van der Waals surface area contributed by atoms with Gasteiger partial charge in [0.1, 0.15) is 4.90 Å². The third-order valence-corrected chi connectivity index (χ3v) is 5.48. The molecule has 0 aromatic carbocycles. The van der Waals surface area contributed by atoms with Crippen LogP contribution in [0.25, 0.3) is 0 Å². The van der Waals surface area contributed by atoms with Gasteiger partial charge in [0.2, 0.25) is 10.0 Å². The molecule has 1 fully saturated rings. The van der Waals surface area contributed by atoms with E-state index in [4.69, 9.17) is 5.11 Å². The molecule has 1 atom stereocenters. The quantitative estimate of drug-likeness (QED) is 0.785. The molecule has 0 aliphatic heterocycles. The van der Waals surface area contributed by atoms with E-state index in [-0.39, 0.29) is 17.5 Å². The molecular weight excluding hydrogens is 278 g/mol. The predicted molar refractivity (Wildman–Crippen MR) is 75.9 cm³/mol. The minimum atomic E-state index is -3.55. The molecule has 1 unspecified atom stereocenters. The van der Waals surface area contributed by atoms with Crippen molar-refractivity contribution in [2.24, 2.45) is 5.92 Å². The Hall–Kier alpha value is -0.920. The number of sulfonamides is 1. The molecule has 20 heavy (non-hydrogen) atoms. The number of aliphatic hydroxyl groups excluding tert-OH is 1. The number of rotatable bonds is 7. The highest BCUT2D eigenvalue weighted by Gasteiger charge is 2.29. The molecule has 0 bridgehead atoms. The molecule has 1 aliphatic carbocycles. The summed E-state index contributed by atoms with van der Waals surface area (Å²) in [4.78, 5) is 0.244. The summed E-state index contributed by atoms with van der Waals surface area (Å²) in [5.41, 5.74) is 1.05. The first-order valence-corrected chi connectivity index (χ1v) is 8.50. The van der Waals surface area contributed by atoms with Crippen LogP contribution in [0, 0.1) is 19.8 Å². The maximum atomic E-state index is 12.5. The minimum absolute atomic E-state index is 0.0625. The van der Waals surface area contributed by atoms with Crippen molar-refractivity contribution >= 4 is 10.0 Å². The Kier molecular flexibility index (Phi) is 4.51. The van der Waals surface area contributed by atoms with Gasteiger partial charge in [-0.25, -0.2) is 13.1 Å². The van der Waals surface area contributed by atoms with Gasteiger partial charge in [0.15, 0.2) is 0 Å². The van der Waals surface area contributed by atoms with E-state index in [9.17, 15) is 8.42 Å². The van der Waals surface area contributed by atoms with E-state index in [1.165, 1.54) is 17.5 Å². The third-order valence-electron chi connectivity index (χ3n) is 3.64. The van der Waals surface area contributed by atoms with Gasteiger partial charge < -0.3 is 5.11 Å². The Morgan fingerprint density at radius 1 is 1.45 bits per heavy atom. The molecule has 2 N–H and O–H groups in total. The molecule has 0 amide bonds. The second-order valence-electron chi connectivity index (χ2n) is 5.65. The number of hydrogen-bond acceptors (Lipinski definition) is 4. The standard InChI is InChI=1S/C13H23N3O3S/c1-9(8-12-4-5-12)15-20(18,19)13-10(2)14-16(6-7-17)11(13)3/h9,12,15,17H,4-8H2,1-3H3. The molecule has 2 rings (SSSR count). The first-order chi connectivity index (χ1) is 9.35. The van der Waals surface area contributed by atoms with E-state index in [0.29, 0.717) is 23.9 Å². The molecule has 6 nitrogen and oxygen atoms in total. The number of nitrogens with one attached hydrogen (secondary N) is 1. The van der Waals surface area contributed by atoms with Crippen molar-refractivity contribution in [2.45, 2.75) is 57.5 Å². The average Bonchev–Trinajstić information content (AvgIpc) is 3.05. The van der Waals surface area contributed by atoms with Gasteiger partial charge in [0.05, 0.1) is 24.5 Å². The lowest BCUT2D eigenvalue weighted by Gasteiger charge is -2.14. The Labute approximate surface area is 120 Å². The molecule has 1 aliphatic rings. The van der Waals surface area contributed by atoms with Gasteiger partial charge in [-0.15, -0.1) is 0 Å². The van der Waals surface area contributed by atoms with Crippen LogP contribution in [-0.2, 0) is 16.6 Å². The van der Waals surface area contributed by atoms with Crippen LogP contribution in [0.4, 0.5) is 0 Å². The van der Waals surface area contributed by atoms with Crippen molar-refractivity contribution in [1.82, 2.24) is 14.5 Å². The lowest BCUT2D eigenvalue weighted by Crippen LogP contribution is -2.33. The topological polar surface area (TPSA) is 84.2 Å². The molecule has 0 spiro atoms. The van der Waals surface area contributed by atoms with E-state index in [1.807, 2.05) is 6.92 Å². The summed E-state index contributed by atoms with van der Waals surface area (Å²) in [6.07, 6.45) is 3.30. The molecule has 7 heteroatoms. The molecule has 1 aromatic heterocycles. The zero-order valence-electron chi connectivity index (χ0n) is 12.3. The van der Waals surface area contributed by atoms with Crippen LogP contribution >= 0.6 is 0 Å². The number of nitrogens with zero attached hydrogens (tertiary/aromatic N) is 2. The Bertz CT molecular complexity index is 576. The number of aliphatic hydroxyl groups is 1. The molecular formula is C13H23N3O3S. The molecule has 1 aromatic rings. The van der Waals surface area contributed by atoms with Crippen LogP contribution in [0.3, 0.4) is 0 Å². The summed E-state index contributed by atoms with van der Waals surface area (Å²) >= 11 is 0. The lowest BCUT2D eigenvalue weighted by molar-refractivity contribution is 0.267. The average molecular weight is 301 g/mol. The Morgan fingerprint density at radius 2 is 2.10 bits per heavy atom. The largest absolute Gasteiger partial charge is 0.394 e. The first-order valence-electron chi connectivity index (χ1n) is 7.02. The summed E-state index contributed by atoms with van der Waals surface area (Å²) in [6.45, 7) is 5.54. The SMILES string of the molecule is Cc1nn(CCO)c(C)c1S(=O)(=O)NC(C)CC1CC1. The van der Waals surface area contributed by atoms with Crippen LogP contribution in [0.5, 0.6) is 0 Å². The van der Waals surface area contributed by atoms with Gasteiger partial charge in [0, 0.05) is 6.04 Å². The smallest absolute Gasteiger partial charge is 0.244 e. The molecule has 0 saturated heterocycles. The van der Waals surface area contributed by atoms with E-state index in [0.717, 1.165) is 6.42 Å². The van der Waals surface area contributed by atoms with Crippen LogP contribution in [-0.4, -0.2) is 36.0 Å². The predicted octanol–water partition coefficient (Wildman–Crippen LogP) is 0.959. The number of hydrogen-bond donors (Lipinski definition) is 2. The van der Waals surface area contributed by atoms with Gasteiger partial charge in [0.25, 0.3) is 0 Å². The second kappa shape index (κ2) is 5.83. The van der Waals surface area contributed by atoms with Crippen molar-refractivity contribution in [3.05, 3.63) is 11.4 Å². The fourth-order valence-corrected chi connectivity index (χ4v) is 4.28. The van der Waals surface area contributed by atoms with Gasteiger partial charge >= 0.3 is 0 Å². The van der Waals surface area contributed by atoms with Gasteiger partial charge in [-0.2, -0.15) is 5.10 Å². The van der Waals surface area contributed by atoms with E-state index in [2.05, 4.69) is 9.82 Å². The normalized spacial score (nSPS) is 17.4. The molecule has 0 radical (unpaired) electrons. The summed E-state index contributed by atoms with van der Waals surface area (Å²) < 4.78 is 29.2. The zero-order chi connectivity index (χ0) is 14.9. The van der Waals surface area contributed by atoms with Crippen molar-refractivity contribution < 1.29 is 13.5 Å². The Balaban J connectivity index is 2.19. The van der Waals surface area contributed by atoms with Crippen molar-refractivity contribution in [3.8, 4) is 0 Å². The van der Waals surface area contributed by atoms with Crippen LogP contribution in [0.1, 0.15) is 37.6 Å². The molecule has 1 saturated carbocycles. The highest BCUT2D eigenvalue weighted by Crippen LogP contribution is 2.33. The molecule has 114 valence electrons. The third kappa shape index (κ3) is 3.39. The highest BCUT2D eigenvalue weighted by molar-refractivity contribution is 7.89. The van der Waals surface area contributed by atoms with Crippen molar-refractivity contribution in [3.63, 3.8) is 0 Å². The summed E-state index contributed by atoms with van der Waals surface area (Å²) in [5.74, 6) is 0.673. The maximum Gasteiger partial charge on any atom is 0.244 e. The van der Waals surface area contributed by atoms with Gasteiger partial charge in [-0.3, -0.25) is 4.68 Å². The van der Waals surface area contributed by atoms with Crippen LogP contribution in [0.15, 0.2) is 4.90 Å². The Morgan fingerprint density at radius 3 is 2.65 bits per heavy atom. The molecule has 1 heterocycles. The van der Waals surface area contributed by atoms with E-state index >= 15 is 0 Å². The highest BCUT2D eigenvalue weighted by atomic mass is 32.2. The zero-order valence-corrected chi connectivity index (χ0v) is 13.1. The van der Waals surface area contributed by atoms with Crippen molar-refractivity contribution in [1.29, 1.82) is 0 Å². The summed E-state index contributed by atoms with van der Waals surface area (Å²) in [7, 11) is -3.55. The van der Waals surface area contributed by atoms with Crippen LogP contribution in [0.2, 0.25) is 0 Å². The number of aryl methyl sites for hydroxylation is 1. The maximum absolute atomic E-state index is 12.5. The second-order valence-corrected chi connectivity index (χ2v) is 7.30. The van der Waals surface area contributed by atoms with Gasteiger partial charge in [-0.05, 0) is 33.1 Å². The van der Waals surface area contributed by atoms with Gasteiger partial charge in [-0.1, -0.05) is 12.8 Å². The van der Waals surface area contributed by atoms with E-state index < -0.39 is 10.0 Å². The first kappa shape index (κ1) is 15.5. The summed E-state index contributed by atoms with van der Waals surface area (Å²) in [5, 5.41) is 13.2. The lowest BCUT2D eigenvalue weighted by atomic mass is 10.2. The fraction of sp³-hybridized carbons (Fsp3) is 0.769. The fourth-order valence-electron chi connectivity index (χ4n) is 2.61.